The minimum absolute atomic E-state index is 0.0299. The van der Waals surface area contributed by atoms with Crippen molar-refractivity contribution in [1.82, 2.24) is 15.3 Å². The Morgan fingerprint density at radius 1 is 1.07 bits per heavy atom. The molecule has 0 aliphatic heterocycles. The van der Waals surface area contributed by atoms with Crippen molar-refractivity contribution in [3.63, 3.8) is 0 Å². The molecule has 3 rings (SSSR count). The fraction of sp³-hybridized carbons (Fsp3) is 0.429. The highest BCUT2D eigenvalue weighted by atomic mass is 16.2. The average Bonchev–Trinajstić information content (AvgIpc) is 3.22. The van der Waals surface area contributed by atoms with Gasteiger partial charge in [-0.3, -0.25) is 14.4 Å². The van der Waals surface area contributed by atoms with Crippen LogP contribution in [0.1, 0.15) is 44.7 Å². The molecule has 2 aromatic rings. The van der Waals surface area contributed by atoms with Crippen LogP contribution in [0.25, 0.3) is 0 Å². The minimum Gasteiger partial charge on any atom is -0.348 e. The third kappa shape index (κ3) is 6.17. The molecule has 1 heterocycles. The summed E-state index contributed by atoms with van der Waals surface area (Å²) in [7, 11) is 0. The highest BCUT2D eigenvalue weighted by molar-refractivity contribution is 5.98. The summed E-state index contributed by atoms with van der Waals surface area (Å²) in [6.07, 6.45) is 8.53. The number of H-pyrrole nitrogens is 1. The predicted octanol–water partition coefficient (Wildman–Crippen LogP) is 2.61. The van der Waals surface area contributed by atoms with Crippen molar-refractivity contribution >= 4 is 29.1 Å². The Bertz CT molecular complexity index is 827. The fourth-order valence-electron chi connectivity index (χ4n) is 3.55. The summed E-state index contributed by atoms with van der Waals surface area (Å²) in [4.78, 5) is 43.7. The van der Waals surface area contributed by atoms with E-state index in [1.807, 2.05) is 0 Å². The van der Waals surface area contributed by atoms with Gasteiger partial charge >= 0.3 is 0 Å². The second kappa shape index (κ2) is 9.86. The van der Waals surface area contributed by atoms with Gasteiger partial charge in [-0.05, 0) is 37.1 Å². The third-order valence-electron chi connectivity index (χ3n) is 5.06. The molecule has 4 N–H and O–H groups in total. The zero-order valence-corrected chi connectivity index (χ0v) is 16.5. The van der Waals surface area contributed by atoms with Crippen LogP contribution in [0, 0.1) is 5.92 Å². The normalized spacial score (nSPS) is 15.3. The molecular weight excluding hydrogens is 370 g/mol. The van der Waals surface area contributed by atoms with Crippen molar-refractivity contribution < 1.29 is 14.4 Å². The highest BCUT2D eigenvalue weighted by Gasteiger charge is 2.27. The van der Waals surface area contributed by atoms with E-state index in [1.54, 1.807) is 36.8 Å². The Hall–Kier alpha value is -3.16. The first-order valence-corrected chi connectivity index (χ1v) is 9.97. The fourth-order valence-corrected chi connectivity index (χ4v) is 3.55. The van der Waals surface area contributed by atoms with Gasteiger partial charge < -0.3 is 20.9 Å². The Morgan fingerprint density at radius 3 is 2.31 bits per heavy atom. The summed E-state index contributed by atoms with van der Waals surface area (Å²) >= 11 is 0. The number of benzene rings is 1. The monoisotopic (exact) mass is 397 g/mol. The van der Waals surface area contributed by atoms with Crippen LogP contribution in [-0.4, -0.2) is 33.7 Å². The summed E-state index contributed by atoms with van der Waals surface area (Å²) < 4.78 is 0. The summed E-state index contributed by atoms with van der Waals surface area (Å²) in [5, 5.41) is 8.45. The minimum atomic E-state index is -0.708. The Kier molecular flexibility index (Phi) is 6.99. The van der Waals surface area contributed by atoms with Crippen LogP contribution in [0.5, 0.6) is 0 Å². The SMILES string of the molecule is CC(=O)Nc1ccc(NC(=O)[C@H](Cc2cnc[nH]2)NC(=O)C2CCCCC2)cc1. The van der Waals surface area contributed by atoms with Crippen LogP contribution in [0.2, 0.25) is 0 Å². The number of hydrogen-bond acceptors (Lipinski definition) is 4. The molecule has 0 saturated heterocycles. The number of carbonyl (C=O) groups excluding carboxylic acids is 3. The lowest BCUT2D eigenvalue weighted by molar-refractivity contribution is -0.130. The lowest BCUT2D eigenvalue weighted by atomic mass is 9.88. The van der Waals surface area contributed by atoms with Crippen LogP contribution in [0.3, 0.4) is 0 Å². The van der Waals surface area contributed by atoms with Crippen LogP contribution in [0.4, 0.5) is 11.4 Å². The lowest BCUT2D eigenvalue weighted by Crippen LogP contribution is -2.47. The van der Waals surface area contributed by atoms with Gasteiger partial charge in [-0.1, -0.05) is 19.3 Å². The van der Waals surface area contributed by atoms with Crippen molar-refractivity contribution in [3.05, 3.63) is 42.5 Å². The molecule has 1 aliphatic rings. The second-order valence-electron chi connectivity index (χ2n) is 7.42. The first-order chi connectivity index (χ1) is 14.0. The third-order valence-corrected chi connectivity index (χ3v) is 5.06. The van der Waals surface area contributed by atoms with Gasteiger partial charge in [0.1, 0.15) is 6.04 Å². The molecule has 8 heteroatoms. The molecule has 8 nitrogen and oxygen atoms in total. The molecule has 1 fully saturated rings. The number of anilines is 2. The van der Waals surface area contributed by atoms with E-state index in [4.69, 9.17) is 0 Å². The first kappa shape index (κ1) is 20.6. The average molecular weight is 397 g/mol. The van der Waals surface area contributed by atoms with Crippen LogP contribution in [0.15, 0.2) is 36.8 Å². The number of hydrogen-bond donors (Lipinski definition) is 4. The number of imidazole rings is 1. The summed E-state index contributed by atoms with van der Waals surface area (Å²) in [6.45, 7) is 1.44. The van der Waals surface area contributed by atoms with Gasteiger partial charge in [0.25, 0.3) is 0 Å². The Morgan fingerprint density at radius 2 is 1.72 bits per heavy atom. The smallest absolute Gasteiger partial charge is 0.247 e. The van der Waals surface area contributed by atoms with Crippen LogP contribution in [-0.2, 0) is 20.8 Å². The number of nitrogens with zero attached hydrogens (tertiary/aromatic N) is 1. The second-order valence-corrected chi connectivity index (χ2v) is 7.42. The lowest BCUT2D eigenvalue weighted by Gasteiger charge is -2.24. The van der Waals surface area contributed by atoms with Crippen molar-refractivity contribution in [2.75, 3.05) is 10.6 Å². The zero-order chi connectivity index (χ0) is 20.6. The highest BCUT2D eigenvalue weighted by Crippen LogP contribution is 2.24. The van der Waals surface area contributed by atoms with Crippen LogP contribution >= 0.6 is 0 Å². The quantitative estimate of drug-likeness (QED) is 0.575. The van der Waals surface area contributed by atoms with Gasteiger partial charge in [-0.2, -0.15) is 0 Å². The van der Waals surface area contributed by atoms with Gasteiger partial charge in [0.05, 0.1) is 6.33 Å². The maximum atomic E-state index is 12.9. The molecule has 0 spiro atoms. The zero-order valence-electron chi connectivity index (χ0n) is 16.5. The van der Waals surface area contributed by atoms with Gasteiger partial charge in [0.2, 0.25) is 17.7 Å². The van der Waals surface area contributed by atoms with Crippen molar-refractivity contribution in [2.45, 2.75) is 51.5 Å². The molecular formula is C21H27N5O3. The van der Waals surface area contributed by atoms with Crippen LogP contribution < -0.4 is 16.0 Å². The molecule has 1 aromatic carbocycles. The number of nitrogens with one attached hydrogen (secondary N) is 4. The molecule has 0 bridgehead atoms. The van der Waals surface area contributed by atoms with E-state index < -0.39 is 6.04 Å². The van der Waals surface area contributed by atoms with Gasteiger partial charge in [-0.25, -0.2) is 4.98 Å². The first-order valence-electron chi connectivity index (χ1n) is 9.97. The molecule has 154 valence electrons. The number of rotatable bonds is 7. The molecule has 1 aliphatic carbocycles. The Balaban J connectivity index is 1.66. The van der Waals surface area contributed by atoms with E-state index in [1.165, 1.54) is 6.92 Å². The van der Waals surface area contributed by atoms with Crippen molar-refractivity contribution in [1.29, 1.82) is 0 Å². The van der Waals surface area contributed by atoms with Gasteiger partial charge in [-0.15, -0.1) is 0 Å². The molecule has 29 heavy (non-hydrogen) atoms. The van der Waals surface area contributed by atoms with E-state index in [-0.39, 0.29) is 23.6 Å². The maximum absolute atomic E-state index is 12.9. The molecule has 1 saturated carbocycles. The van der Waals surface area contributed by atoms with E-state index in [2.05, 4.69) is 25.9 Å². The summed E-state index contributed by atoms with van der Waals surface area (Å²) in [6, 6.07) is 6.13. The molecule has 0 radical (unpaired) electrons. The van der Waals surface area contributed by atoms with E-state index >= 15 is 0 Å². The molecule has 3 amide bonds. The molecule has 1 atom stereocenters. The van der Waals surface area contributed by atoms with Gasteiger partial charge in [0.15, 0.2) is 0 Å². The number of carbonyl (C=O) groups is 3. The topological polar surface area (TPSA) is 116 Å². The van der Waals surface area contributed by atoms with E-state index in [9.17, 15) is 14.4 Å². The molecule has 1 aromatic heterocycles. The van der Waals surface area contributed by atoms with E-state index in [0.29, 0.717) is 17.8 Å². The number of aromatic nitrogens is 2. The van der Waals surface area contributed by atoms with Crippen molar-refractivity contribution in [3.8, 4) is 0 Å². The summed E-state index contributed by atoms with van der Waals surface area (Å²) in [5.74, 6) is -0.550. The number of aromatic amines is 1. The van der Waals surface area contributed by atoms with E-state index in [0.717, 1.165) is 37.8 Å². The maximum Gasteiger partial charge on any atom is 0.247 e. The Labute approximate surface area is 169 Å². The number of amides is 3. The standard InChI is InChI=1S/C21H27N5O3/c1-14(27)24-16-7-9-17(10-8-16)25-21(29)19(11-18-12-22-13-23-18)26-20(28)15-5-3-2-4-6-15/h7-10,12-13,15,19H,2-6,11H2,1H3,(H,22,23)(H,24,27)(H,25,29)(H,26,28)/t19-/m0/s1. The summed E-state index contributed by atoms with van der Waals surface area (Å²) in [5.41, 5.74) is 2.01. The van der Waals surface area contributed by atoms with Crippen molar-refractivity contribution in [2.24, 2.45) is 5.92 Å². The molecule has 0 unspecified atom stereocenters. The van der Waals surface area contributed by atoms with Gasteiger partial charge in [0, 0.05) is 42.5 Å². The predicted molar refractivity (Wildman–Crippen MR) is 110 cm³/mol. The largest absolute Gasteiger partial charge is 0.348 e.